The van der Waals surface area contributed by atoms with Crippen LogP contribution in [-0.4, -0.2) is 54.0 Å². The summed E-state index contributed by atoms with van der Waals surface area (Å²) in [6, 6.07) is -1.24. The molecule has 0 bridgehead atoms. The molecule has 0 saturated carbocycles. The van der Waals surface area contributed by atoms with Crippen molar-refractivity contribution >= 4 is 18.0 Å². The molecule has 1 fully saturated rings. The van der Waals surface area contributed by atoms with Crippen molar-refractivity contribution in [1.29, 1.82) is 0 Å². The van der Waals surface area contributed by atoms with Gasteiger partial charge < -0.3 is 25.2 Å². The van der Waals surface area contributed by atoms with E-state index in [9.17, 15) is 14.4 Å². The number of alkyl carbamates (subject to hydrolysis) is 1. The topological polar surface area (TPSA) is 114 Å². The van der Waals surface area contributed by atoms with Crippen molar-refractivity contribution < 1.29 is 29.0 Å². The van der Waals surface area contributed by atoms with Crippen molar-refractivity contribution in [2.24, 2.45) is 0 Å². The molecule has 8 nitrogen and oxygen atoms in total. The van der Waals surface area contributed by atoms with Crippen LogP contribution in [0.4, 0.5) is 4.79 Å². The number of amides is 2. The SMILES string of the molecule is CC(C)(C)OC(=O)NC(CC(=O)O)C(=O)NC1CCOCC1. The zero-order valence-electron chi connectivity index (χ0n) is 13.2. The van der Waals surface area contributed by atoms with Crippen LogP contribution in [0.15, 0.2) is 0 Å². The first kappa shape index (κ1) is 18.2. The highest BCUT2D eigenvalue weighted by Gasteiger charge is 2.28. The van der Waals surface area contributed by atoms with Crippen LogP contribution in [0.25, 0.3) is 0 Å². The molecule has 0 aliphatic carbocycles. The van der Waals surface area contributed by atoms with E-state index in [1.54, 1.807) is 20.8 Å². The molecule has 0 radical (unpaired) electrons. The van der Waals surface area contributed by atoms with Crippen molar-refractivity contribution in [3.05, 3.63) is 0 Å². The minimum atomic E-state index is -1.18. The lowest BCUT2D eigenvalue weighted by Crippen LogP contribution is -2.52. The highest BCUT2D eigenvalue weighted by Crippen LogP contribution is 2.09. The molecular formula is C14H24N2O6. The number of hydrogen-bond donors (Lipinski definition) is 3. The Morgan fingerprint density at radius 1 is 1.27 bits per heavy atom. The molecule has 1 saturated heterocycles. The lowest BCUT2D eigenvalue weighted by Gasteiger charge is -2.26. The Hall–Kier alpha value is -1.83. The Labute approximate surface area is 129 Å². The Balaban J connectivity index is 2.59. The molecule has 0 aromatic rings. The maximum absolute atomic E-state index is 12.2. The number of carbonyl (C=O) groups excluding carboxylic acids is 2. The standard InChI is InChI=1S/C14H24N2O6/c1-14(2,3)22-13(20)16-10(8-11(17)18)12(19)15-9-4-6-21-7-5-9/h9-10H,4-8H2,1-3H3,(H,15,19)(H,16,20)(H,17,18). The van der Waals surface area contributed by atoms with Gasteiger partial charge in [-0.1, -0.05) is 0 Å². The summed E-state index contributed by atoms with van der Waals surface area (Å²) in [5.74, 6) is -1.71. The van der Waals surface area contributed by atoms with E-state index in [0.29, 0.717) is 26.1 Å². The molecule has 1 aliphatic rings. The van der Waals surface area contributed by atoms with Crippen molar-refractivity contribution in [2.45, 2.75) is 57.7 Å². The Morgan fingerprint density at radius 3 is 2.36 bits per heavy atom. The number of carboxylic acids is 1. The van der Waals surface area contributed by atoms with Crippen LogP contribution in [-0.2, 0) is 19.1 Å². The lowest BCUT2D eigenvalue weighted by molar-refractivity contribution is -0.140. The smallest absolute Gasteiger partial charge is 0.408 e. The van der Waals surface area contributed by atoms with Crippen molar-refractivity contribution in [3.63, 3.8) is 0 Å². The molecule has 0 aromatic carbocycles. The van der Waals surface area contributed by atoms with Crippen LogP contribution in [0.2, 0.25) is 0 Å². The van der Waals surface area contributed by atoms with Crippen LogP contribution in [0.3, 0.4) is 0 Å². The van der Waals surface area contributed by atoms with E-state index < -0.39 is 36.0 Å². The molecule has 0 spiro atoms. The van der Waals surface area contributed by atoms with Crippen LogP contribution in [0, 0.1) is 0 Å². The first-order chi connectivity index (χ1) is 10.2. The number of carbonyl (C=O) groups is 3. The maximum Gasteiger partial charge on any atom is 0.408 e. The van der Waals surface area contributed by atoms with Gasteiger partial charge in [0.05, 0.1) is 6.42 Å². The van der Waals surface area contributed by atoms with E-state index in [0.717, 1.165) is 0 Å². The third-order valence-corrected chi connectivity index (χ3v) is 2.95. The maximum atomic E-state index is 12.2. The average molecular weight is 316 g/mol. The number of ether oxygens (including phenoxy) is 2. The second-order valence-electron chi connectivity index (χ2n) is 6.19. The first-order valence-corrected chi connectivity index (χ1v) is 7.27. The van der Waals surface area contributed by atoms with E-state index in [2.05, 4.69) is 10.6 Å². The summed E-state index contributed by atoms with van der Waals surface area (Å²) >= 11 is 0. The van der Waals surface area contributed by atoms with Gasteiger partial charge in [-0.2, -0.15) is 0 Å². The third kappa shape index (κ3) is 7.26. The number of nitrogens with one attached hydrogen (secondary N) is 2. The highest BCUT2D eigenvalue weighted by molar-refractivity contribution is 5.89. The van der Waals surface area contributed by atoms with Gasteiger partial charge >= 0.3 is 12.1 Å². The van der Waals surface area contributed by atoms with Gasteiger partial charge in [-0.25, -0.2) is 4.79 Å². The minimum Gasteiger partial charge on any atom is -0.481 e. The second kappa shape index (κ2) is 7.98. The lowest BCUT2D eigenvalue weighted by atomic mass is 10.1. The predicted octanol–water partition coefficient (Wildman–Crippen LogP) is 0.650. The van der Waals surface area contributed by atoms with Gasteiger partial charge in [-0.3, -0.25) is 9.59 Å². The highest BCUT2D eigenvalue weighted by atomic mass is 16.6. The number of rotatable bonds is 5. The molecule has 1 aliphatic heterocycles. The molecule has 2 amide bonds. The molecule has 1 rings (SSSR count). The minimum absolute atomic E-state index is 0.0713. The summed E-state index contributed by atoms with van der Waals surface area (Å²) in [6.07, 6.45) is 0.00501. The van der Waals surface area contributed by atoms with Gasteiger partial charge in [0.1, 0.15) is 11.6 Å². The fourth-order valence-corrected chi connectivity index (χ4v) is 1.98. The van der Waals surface area contributed by atoms with Crippen molar-refractivity contribution in [3.8, 4) is 0 Å². The van der Waals surface area contributed by atoms with E-state index in [-0.39, 0.29) is 6.04 Å². The quantitative estimate of drug-likeness (QED) is 0.686. The largest absolute Gasteiger partial charge is 0.481 e. The Morgan fingerprint density at radius 2 is 1.86 bits per heavy atom. The summed E-state index contributed by atoms with van der Waals surface area (Å²) in [7, 11) is 0. The molecule has 126 valence electrons. The van der Waals surface area contributed by atoms with Gasteiger partial charge in [0.15, 0.2) is 0 Å². The summed E-state index contributed by atoms with van der Waals surface area (Å²) in [5, 5.41) is 13.9. The summed E-state index contributed by atoms with van der Waals surface area (Å²) in [6.45, 7) is 6.14. The van der Waals surface area contributed by atoms with E-state index in [1.807, 2.05) is 0 Å². The van der Waals surface area contributed by atoms with E-state index in [4.69, 9.17) is 14.6 Å². The molecular weight excluding hydrogens is 292 g/mol. The van der Waals surface area contributed by atoms with Crippen LogP contribution in [0.5, 0.6) is 0 Å². The molecule has 1 atom stereocenters. The van der Waals surface area contributed by atoms with Crippen LogP contribution in [0.1, 0.15) is 40.0 Å². The third-order valence-electron chi connectivity index (χ3n) is 2.95. The van der Waals surface area contributed by atoms with Crippen LogP contribution >= 0.6 is 0 Å². The molecule has 1 unspecified atom stereocenters. The zero-order valence-corrected chi connectivity index (χ0v) is 13.2. The van der Waals surface area contributed by atoms with E-state index in [1.165, 1.54) is 0 Å². The van der Waals surface area contributed by atoms with Crippen molar-refractivity contribution in [1.82, 2.24) is 10.6 Å². The predicted molar refractivity (Wildman–Crippen MR) is 77.4 cm³/mol. The van der Waals surface area contributed by atoms with Gasteiger partial charge in [0, 0.05) is 19.3 Å². The van der Waals surface area contributed by atoms with Gasteiger partial charge in [0.25, 0.3) is 0 Å². The van der Waals surface area contributed by atoms with Gasteiger partial charge in [0.2, 0.25) is 5.91 Å². The summed E-state index contributed by atoms with van der Waals surface area (Å²) in [5.41, 5.74) is -0.727. The number of hydrogen-bond acceptors (Lipinski definition) is 5. The normalized spacial score (nSPS) is 17.4. The van der Waals surface area contributed by atoms with Crippen molar-refractivity contribution in [2.75, 3.05) is 13.2 Å². The number of carboxylic acid groups (broad SMARTS) is 1. The zero-order chi connectivity index (χ0) is 16.8. The van der Waals surface area contributed by atoms with Crippen LogP contribution < -0.4 is 10.6 Å². The Bertz CT molecular complexity index is 412. The fourth-order valence-electron chi connectivity index (χ4n) is 1.98. The van der Waals surface area contributed by atoms with Gasteiger partial charge in [-0.05, 0) is 33.6 Å². The molecule has 8 heteroatoms. The monoisotopic (exact) mass is 316 g/mol. The van der Waals surface area contributed by atoms with Gasteiger partial charge in [-0.15, -0.1) is 0 Å². The second-order valence-corrected chi connectivity index (χ2v) is 6.19. The number of aliphatic carboxylic acids is 1. The first-order valence-electron chi connectivity index (χ1n) is 7.27. The fraction of sp³-hybridized carbons (Fsp3) is 0.786. The molecule has 1 heterocycles. The Kier molecular flexibility index (Phi) is 6.61. The summed E-state index contributed by atoms with van der Waals surface area (Å²) in [4.78, 5) is 34.8. The van der Waals surface area contributed by atoms with E-state index >= 15 is 0 Å². The molecule has 0 aromatic heterocycles. The molecule has 22 heavy (non-hydrogen) atoms. The average Bonchev–Trinajstić information content (AvgIpc) is 2.36. The molecule has 3 N–H and O–H groups in total. The summed E-state index contributed by atoms with van der Waals surface area (Å²) < 4.78 is 10.2.